The molecule has 0 bridgehead atoms. The second kappa shape index (κ2) is 9.10. The summed E-state index contributed by atoms with van der Waals surface area (Å²) in [5, 5.41) is 2.51. The molecule has 0 heterocycles. The summed E-state index contributed by atoms with van der Waals surface area (Å²) in [5.41, 5.74) is 1.26. The van der Waals surface area contributed by atoms with Gasteiger partial charge < -0.3 is 9.47 Å². The molecule has 1 rings (SSSR count). The van der Waals surface area contributed by atoms with E-state index in [0.717, 1.165) is 0 Å². The molecule has 1 N–H and O–H groups in total. The number of anilines is 1. The number of hydrogen-bond donors (Lipinski definition) is 1. The van der Waals surface area contributed by atoms with Crippen molar-refractivity contribution in [2.75, 3.05) is 18.5 Å². The third kappa shape index (κ3) is 6.49. The van der Waals surface area contributed by atoms with Gasteiger partial charge in [-0.15, -0.1) is 0 Å². The first kappa shape index (κ1) is 17.1. The Balaban J connectivity index is 2.24. The van der Waals surface area contributed by atoms with E-state index in [1.165, 1.54) is 6.08 Å². The fourth-order valence-corrected chi connectivity index (χ4v) is 1.34. The normalized spacial score (nSPS) is 9.32. The number of rotatable bonds is 7. The Bertz CT molecular complexity index is 588. The second-order valence-corrected chi connectivity index (χ2v) is 4.28. The maximum Gasteiger partial charge on any atom is 0.411 e. The fourth-order valence-electron chi connectivity index (χ4n) is 1.34. The molecule has 0 aliphatic rings. The van der Waals surface area contributed by atoms with Crippen LogP contribution >= 0.6 is 0 Å². The van der Waals surface area contributed by atoms with Gasteiger partial charge >= 0.3 is 12.1 Å². The van der Waals surface area contributed by atoms with E-state index in [9.17, 15) is 14.4 Å². The molecule has 0 aliphatic carbocycles. The van der Waals surface area contributed by atoms with Gasteiger partial charge in [0.25, 0.3) is 0 Å². The van der Waals surface area contributed by atoms with Crippen LogP contribution in [0.3, 0.4) is 0 Å². The van der Waals surface area contributed by atoms with Crippen LogP contribution in [0.15, 0.2) is 41.4 Å². The Kier molecular flexibility index (Phi) is 7.08. The van der Waals surface area contributed by atoms with E-state index in [4.69, 9.17) is 9.47 Å². The van der Waals surface area contributed by atoms with E-state index in [1.54, 1.807) is 31.2 Å². The fraction of sp³-hybridized carbons (Fsp3) is 0.267. The zero-order valence-corrected chi connectivity index (χ0v) is 12.1. The Hall–Kier alpha value is -2.92. The second-order valence-electron chi connectivity index (χ2n) is 4.28. The molecule has 0 aliphatic heterocycles. The van der Waals surface area contributed by atoms with Gasteiger partial charge in [-0.2, -0.15) is 4.99 Å². The molecule has 1 amide bonds. The molecule has 0 unspecified atom stereocenters. The van der Waals surface area contributed by atoms with Crippen LogP contribution in [0.4, 0.5) is 16.2 Å². The van der Waals surface area contributed by atoms with Gasteiger partial charge in [-0.1, -0.05) is 6.58 Å². The Morgan fingerprint density at radius 3 is 2.45 bits per heavy atom. The van der Waals surface area contributed by atoms with Gasteiger partial charge in [0, 0.05) is 17.7 Å². The molecule has 0 aromatic heterocycles. The van der Waals surface area contributed by atoms with Crippen LogP contribution < -0.4 is 5.32 Å². The minimum Gasteiger partial charge on any atom is -0.462 e. The molecule has 1 aromatic rings. The van der Waals surface area contributed by atoms with Crippen LogP contribution in [0.1, 0.15) is 13.3 Å². The lowest BCUT2D eigenvalue weighted by atomic mass is 10.3. The SMILES string of the molecule is C=C(C)C(=O)OCCCOC(=O)Nc1ccc(N=C=O)cc1. The maximum atomic E-state index is 11.5. The molecular weight excluding hydrogens is 288 g/mol. The number of isocyanates is 1. The highest BCUT2D eigenvalue weighted by Gasteiger charge is 2.05. The largest absolute Gasteiger partial charge is 0.462 e. The number of benzene rings is 1. The lowest BCUT2D eigenvalue weighted by molar-refractivity contribution is -0.139. The number of carbonyl (C=O) groups is 2. The average molecular weight is 304 g/mol. The van der Waals surface area contributed by atoms with Crippen molar-refractivity contribution in [3.8, 4) is 0 Å². The number of esters is 1. The third-order valence-electron chi connectivity index (χ3n) is 2.39. The molecule has 0 fully saturated rings. The first-order chi connectivity index (χ1) is 10.5. The number of ether oxygens (including phenoxy) is 2. The van der Waals surface area contributed by atoms with Crippen LogP contribution in [-0.4, -0.2) is 31.4 Å². The van der Waals surface area contributed by atoms with Gasteiger partial charge in [0.2, 0.25) is 6.08 Å². The van der Waals surface area contributed by atoms with Crippen molar-refractivity contribution < 1.29 is 23.9 Å². The summed E-state index contributed by atoms with van der Waals surface area (Å²) < 4.78 is 9.76. The van der Waals surface area contributed by atoms with Crippen molar-refractivity contribution in [3.05, 3.63) is 36.4 Å². The molecule has 1 aromatic carbocycles. The summed E-state index contributed by atoms with van der Waals surface area (Å²) in [6, 6.07) is 6.26. The maximum absolute atomic E-state index is 11.5. The van der Waals surface area contributed by atoms with Crippen LogP contribution in [0.2, 0.25) is 0 Å². The van der Waals surface area contributed by atoms with E-state index < -0.39 is 12.1 Å². The van der Waals surface area contributed by atoms with E-state index >= 15 is 0 Å². The molecule has 7 heteroatoms. The molecule has 22 heavy (non-hydrogen) atoms. The highest BCUT2D eigenvalue weighted by atomic mass is 16.6. The van der Waals surface area contributed by atoms with Crippen LogP contribution in [0.25, 0.3) is 0 Å². The summed E-state index contributed by atoms with van der Waals surface area (Å²) >= 11 is 0. The van der Waals surface area contributed by atoms with Crippen LogP contribution in [-0.2, 0) is 19.1 Å². The number of nitrogens with zero attached hydrogens (tertiary/aromatic N) is 1. The van der Waals surface area contributed by atoms with Crippen molar-refractivity contribution in [3.63, 3.8) is 0 Å². The number of amides is 1. The van der Waals surface area contributed by atoms with Gasteiger partial charge in [0.1, 0.15) is 0 Å². The van der Waals surface area contributed by atoms with Crippen molar-refractivity contribution >= 4 is 29.5 Å². The zero-order chi connectivity index (χ0) is 16.4. The van der Waals surface area contributed by atoms with E-state index in [-0.39, 0.29) is 13.2 Å². The van der Waals surface area contributed by atoms with Gasteiger partial charge in [0.05, 0.1) is 18.9 Å². The summed E-state index contributed by atoms with van der Waals surface area (Å²) in [5.74, 6) is -0.470. The molecule has 0 atom stereocenters. The van der Waals surface area contributed by atoms with Crippen molar-refractivity contribution in [1.82, 2.24) is 0 Å². The highest BCUT2D eigenvalue weighted by Crippen LogP contribution is 2.15. The molecule has 0 saturated heterocycles. The first-order valence-electron chi connectivity index (χ1n) is 6.47. The van der Waals surface area contributed by atoms with Gasteiger partial charge in [-0.25, -0.2) is 14.4 Å². The number of carbonyl (C=O) groups excluding carboxylic acids is 3. The van der Waals surface area contributed by atoms with Gasteiger partial charge in [-0.05, 0) is 31.2 Å². The summed E-state index contributed by atoms with van der Waals surface area (Å²) in [6.07, 6.45) is 1.18. The average Bonchev–Trinajstić information content (AvgIpc) is 2.49. The number of hydrogen-bond acceptors (Lipinski definition) is 6. The Labute approximate surface area is 127 Å². The standard InChI is InChI=1S/C15H16N2O5/c1-11(2)14(19)21-8-3-9-22-15(20)17-13-6-4-12(5-7-13)16-10-18/h4-7H,1,3,8-9H2,2H3,(H,17,20). The van der Waals surface area contributed by atoms with Crippen molar-refractivity contribution in [2.45, 2.75) is 13.3 Å². The smallest absolute Gasteiger partial charge is 0.411 e. The molecule has 0 radical (unpaired) electrons. The van der Waals surface area contributed by atoms with Gasteiger partial charge in [0.15, 0.2) is 0 Å². The number of aliphatic imine (C=N–C) groups is 1. The Morgan fingerprint density at radius 2 is 1.86 bits per heavy atom. The van der Waals surface area contributed by atoms with E-state index in [1.807, 2.05) is 0 Å². The predicted octanol–water partition coefficient (Wildman–Crippen LogP) is 2.71. The lowest BCUT2D eigenvalue weighted by Crippen LogP contribution is -2.15. The predicted molar refractivity (Wildman–Crippen MR) is 79.6 cm³/mol. The van der Waals surface area contributed by atoms with Crippen LogP contribution in [0, 0.1) is 0 Å². The van der Waals surface area contributed by atoms with Crippen molar-refractivity contribution in [2.24, 2.45) is 4.99 Å². The molecule has 0 saturated carbocycles. The molecular formula is C15H16N2O5. The molecule has 116 valence electrons. The highest BCUT2D eigenvalue weighted by molar-refractivity contribution is 5.87. The summed E-state index contributed by atoms with van der Waals surface area (Å²) in [6.45, 7) is 5.27. The lowest BCUT2D eigenvalue weighted by Gasteiger charge is -2.07. The monoisotopic (exact) mass is 304 g/mol. The molecule has 7 nitrogen and oxygen atoms in total. The minimum atomic E-state index is -0.627. The topological polar surface area (TPSA) is 94.1 Å². The number of nitrogens with one attached hydrogen (secondary N) is 1. The van der Waals surface area contributed by atoms with Gasteiger partial charge in [-0.3, -0.25) is 5.32 Å². The minimum absolute atomic E-state index is 0.114. The molecule has 0 spiro atoms. The van der Waals surface area contributed by atoms with Crippen LogP contribution in [0.5, 0.6) is 0 Å². The Morgan fingerprint density at radius 1 is 1.23 bits per heavy atom. The van der Waals surface area contributed by atoms with E-state index in [2.05, 4.69) is 16.9 Å². The zero-order valence-electron chi connectivity index (χ0n) is 12.1. The van der Waals surface area contributed by atoms with Crippen molar-refractivity contribution in [1.29, 1.82) is 0 Å². The first-order valence-corrected chi connectivity index (χ1v) is 6.47. The summed E-state index contributed by atoms with van der Waals surface area (Å²) in [7, 11) is 0. The van der Waals surface area contributed by atoms with E-state index in [0.29, 0.717) is 23.4 Å². The quantitative estimate of drug-likeness (QED) is 0.275. The third-order valence-corrected chi connectivity index (χ3v) is 2.39. The summed E-state index contributed by atoms with van der Waals surface area (Å²) in [4.78, 5) is 36.1.